The van der Waals surface area contributed by atoms with E-state index in [2.05, 4.69) is 32.5 Å². The number of fused-ring (bicyclic) bond motifs is 2. The molecule has 1 aliphatic heterocycles. The number of halogens is 1. The summed E-state index contributed by atoms with van der Waals surface area (Å²) < 4.78 is 15.6. The molecule has 8 heteroatoms. The number of hydrogen-bond acceptors (Lipinski definition) is 7. The number of aromatic nitrogens is 2. The fraction of sp³-hybridized carbons (Fsp3) is 0.179. The number of pyridine rings is 1. The highest BCUT2D eigenvalue weighted by Gasteiger charge is 2.10. The number of carbonyl (C=O) groups excluding carboxylic acids is 1. The number of hydrogen-bond donors (Lipinski definition) is 2. The summed E-state index contributed by atoms with van der Waals surface area (Å²) in [6.45, 7) is 4.74. The molecule has 36 heavy (non-hydrogen) atoms. The van der Waals surface area contributed by atoms with Crippen LogP contribution in [0.25, 0.3) is 32.2 Å². The standard InChI is InChI=1S/C23H14FN3OS.C5H12N2/c24-19-9-14(12-28)1-4-17(19)15-2-5-20-18(10-15)21(7-8-25-20)27-16-3-6-23-22(11-16)26-13-29-23;1-7-4-2-6-3-5-7/h1-13H,(H,25,27);6H,2-5H2,1H3. The Morgan fingerprint density at radius 2 is 1.86 bits per heavy atom. The number of thiazole rings is 1. The van der Waals surface area contributed by atoms with E-state index in [-0.39, 0.29) is 0 Å². The van der Waals surface area contributed by atoms with Gasteiger partial charge in [-0.1, -0.05) is 18.2 Å². The van der Waals surface area contributed by atoms with Crippen LogP contribution in [0.5, 0.6) is 0 Å². The van der Waals surface area contributed by atoms with Crippen molar-refractivity contribution in [2.75, 3.05) is 38.5 Å². The average molecular weight is 500 g/mol. The first-order valence-corrected chi connectivity index (χ1v) is 12.6. The second-order valence-corrected chi connectivity index (χ2v) is 9.55. The Bertz CT molecular complexity index is 1510. The Kier molecular flexibility index (Phi) is 7.27. The Morgan fingerprint density at radius 1 is 1.00 bits per heavy atom. The van der Waals surface area contributed by atoms with Crippen LogP contribution in [0.3, 0.4) is 0 Å². The molecule has 0 radical (unpaired) electrons. The van der Waals surface area contributed by atoms with Crippen molar-refractivity contribution in [3.63, 3.8) is 0 Å². The lowest BCUT2D eigenvalue weighted by Crippen LogP contribution is -2.40. The highest BCUT2D eigenvalue weighted by atomic mass is 32.1. The first-order valence-electron chi connectivity index (χ1n) is 11.7. The van der Waals surface area contributed by atoms with Gasteiger partial charge in [0.1, 0.15) is 12.1 Å². The van der Waals surface area contributed by atoms with E-state index in [1.807, 2.05) is 48.0 Å². The summed E-state index contributed by atoms with van der Waals surface area (Å²) >= 11 is 1.60. The zero-order valence-electron chi connectivity index (χ0n) is 19.9. The molecule has 3 heterocycles. The molecule has 6 nitrogen and oxygen atoms in total. The van der Waals surface area contributed by atoms with Gasteiger partial charge in [-0.05, 0) is 55.1 Å². The van der Waals surface area contributed by atoms with E-state index < -0.39 is 5.82 Å². The number of likely N-dealkylation sites (N-methyl/N-ethyl adjacent to an activating group) is 1. The van der Waals surface area contributed by atoms with E-state index >= 15 is 0 Å². The molecule has 0 aliphatic carbocycles. The molecule has 6 rings (SSSR count). The SMILES string of the molecule is CN1CCNCC1.O=Cc1ccc(-c2ccc3nccc(Nc4ccc5scnc5c4)c3c2)c(F)c1. The molecule has 0 unspecified atom stereocenters. The van der Waals surface area contributed by atoms with Crippen LogP contribution in [-0.4, -0.2) is 54.4 Å². The van der Waals surface area contributed by atoms with Gasteiger partial charge in [-0.3, -0.25) is 9.78 Å². The first kappa shape index (κ1) is 24.0. The molecule has 1 saturated heterocycles. The molecule has 0 bridgehead atoms. The van der Waals surface area contributed by atoms with Gasteiger partial charge in [-0.15, -0.1) is 11.3 Å². The molecule has 0 saturated carbocycles. The summed E-state index contributed by atoms with van der Waals surface area (Å²) in [6.07, 6.45) is 2.38. The van der Waals surface area contributed by atoms with Gasteiger partial charge < -0.3 is 15.5 Å². The van der Waals surface area contributed by atoms with Gasteiger partial charge in [0, 0.05) is 60.3 Å². The van der Waals surface area contributed by atoms with Crippen LogP contribution in [-0.2, 0) is 0 Å². The third-order valence-corrected chi connectivity index (χ3v) is 6.94. The fourth-order valence-electron chi connectivity index (χ4n) is 4.13. The summed E-state index contributed by atoms with van der Waals surface area (Å²) in [6, 6.07) is 18.0. The smallest absolute Gasteiger partial charge is 0.150 e. The Hall–Kier alpha value is -3.72. The van der Waals surface area contributed by atoms with Gasteiger partial charge in [0.15, 0.2) is 0 Å². The van der Waals surface area contributed by atoms with Crippen LogP contribution in [0, 0.1) is 5.82 Å². The highest BCUT2D eigenvalue weighted by Crippen LogP contribution is 2.32. The maximum atomic E-state index is 14.5. The molecule has 182 valence electrons. The third-order valence-electron chi connectivity index (χ3n) is 6.13. The maximum absolute atomic E-state index is 14.5. The number of nitrogens with one attached hydrogen (secondary N) is 2. The number of rotatable bonds is 4. The summed E-state index contributed by atoms with van der Waals surface area (Å²) in [5, 5.41) is 7.58. The Labute approximate surface area is 212 Å². The Balaban J connectivity index is 0.000000330. The van der Waals surface area contributed by atoms with Crippen LogP contribution in [0.1, 0.15) is 10.4 Å². The van der Waals surface area contributed by atoms with E-state index in [1.54, 1.807) is 29.7 Å². The van der Waals surface area contributed by atoms with Crippen molar-refractivity contribution >= 4 is 50.1 Å². The summed E-state index contributed by atoms with van der Waals surface area (Å²) in [7, 11) is 2.15. The van der Waals surface area contributed by atoms with Crippen molar-refractivity contribution in [2.45, 2.75) is 0 Å². The lowest BCUT2D eigenvalue weighted by Gasteiger charge is -2.21. The first-order chi connectivity index (χ1) is 17.6. The molecule has 1 fully saturated rings. The lowest BCUT2D eigenvalue weighted by molar-refractivity contribution is 0.112. The summed E-state index contributed by atoms with van der Waals surface area (Å²) in [5.41, 5.74) is 6.84. The van der Waals surface area contributed by atoms with Crippen LogP contribution in [0.2, 0.25) is 0 Å². The Morgan fingerprint density at radius 3 is 2.61 bits per heavy atom. The number of piperazine rings is 1. The fourth-order valence-corrected chi connectivity index (χ4v) is 4.79. The zero-order chi connectivity index (χ0) is 24.9. The van der Waals surface area contributed by atoms with Crippen molar-refractivity contribution in [1.82, 2.24) is 20.2 Å². The molecule has 3 aromatic carbocycles. The van der Waals surface area contributed by atoms with E-state index in [9.17, 15) is 9.18 Å². The summed E-state index contributed by atoms with van der Waals surface area (Å²) in [4.78, 5) is 22.0. The van der Waals surface area contributed by atoms with Gasteiger partial charge in [0.2, 0.25) is 0 Å². The number of aldehydes is 1. The molecule has 2 aromatic heterocycles. The molecule has 2 N–H and O–H groups in total. The zero-order valence-corrected chi connectivity index (χ0v) is 20.7. The second kappa shape index (κ2) is 10.9. The predicted molar refractivity (Wildman–Crippen MR) is 146 cm³/mol. The number of nitrogens with zero attached hydrogens (tertiary/aromatic N) is 3. The predicted octanol–water partition coefficient (Wildman–Crippen LogP) is 5.73. The van der Waals surface area contributed by atoms with Crippen molar-refractivity contribution in [1.29, 1.82) is 0 Å². The summed E-state index contributed by atoms with van der Waals surface area (Å²) in [5.74, 6) is -0.429. The van der Waals surface area contributed by atoms with Crippen LogP contribution >= 0.6 is 11.3 Å². The second-order valence-electron chi connectivity index (χ2n) is 8.66. The van der Waals surface area contributed by atoms with Crippen LogP contribution in [0.15, 0.2) is 72.4 Å². The molecule has 0 atom stereocenters. The topological polar surface area (TPSA) is 70.2 Å². The van der Waals surface area contributed by atoms with E-state index in [4.69, 9.17) is 0 Å². The van der Waals surface area contributed by atoms with E-state index in [0.29, 0.717) is 17.4 Å². The molecule has 5 aromatic rings. The largest absolute Gasteiger partial charge is 0.355 e. The van der Waals surface area contributed by atoms with Crippen molar-refractivity contribution in [2.24, 2.45) is 0 Å². The van der Waals surface area contributed by atoms with Gasteiger partial charge in [-0.2, -0.15) is 0 Å². The third kappa shape index (κ3) is 5.41. The number of benzene rings is 3. The van der Waals surface area contributed by atoms with Gasteiger partial charge in [-0.25, -0.2) is 9.37 Å². The molecular weight excluding hydrogens is 473 g/mol. The number of carbonyl (C=O) groups is 1. The van der Waals surface area contributed by atoms with Crippen LogP contribution in [0.4, 0.5) is 15.8 Å². The van der Waals surface area contributed by atoms with Crippen molar-refractivity contribution in [3.8, 4) is 11.1 Å². The maximum Gasteiger partial charge on any atom is 0.150 e. The molecule has 0 amide bonds. The highest BCUT2D eigenvalue weighted by molar-refractivity contribution is 7.16. The van der Waals surface area contributed by atoms with Crippen molar-refractivity contribution in [3.05, 3.63) is 83.8 Å². The lowest BCUT2D eigenvalue weighted by atomic mass is 10.0. The minimum Gasteiger partial charge on any atom is -0.355 e. The molecular formula is C28H26FN5OS. The van der Waals surface area contributed by atoms with Gasteiger partial charge in [0.25, 0.3) is 0 Å². The van der Waals surface area contributed by atoms with Gasteiger partial charge >= 0.3 is 0 Å². The quantitative estimate of drug-likeness (QED) is 0.308. The van der Waals surface area contributed by atoms with Crippen LogP contribution < -0.4 is 10.6 Å². The number of anilines is 2. The normalized spacial score (nSPS) is 13.8. The minimum absolute atomic E-state index is 0.313. The monoisotopic (exact) mass is 499 g/mol. The molecule has 0 spiro atoms. The minimum atomic E-state index is -0.429. The van der Waals surface area contributed by atoms with E-state index in [1.165, 1.54) is 19.2 Å². The van der Waals surface area contributed by atoms with E-state index in [0.717, 1.165) is 51.1 Å². The van der Waals surface area contributed by atoms with Crippen molar-refractivity contribution < 1.29 is 9.18 Å². The molecule has 1 aliphatic rings. The average Bonchev–Trinajstić information content (AvgIpc) is 3.37. The van der Waals surface area contributed by atoms with Gasteiger partial charge in [0.05, 0.1) is 21.2 Å².